The van der Waals surface area contributed by atoms with Crippen molar-refractivity contribution in [1.82, 2.24) is 0 Å². The second-order valence-electron chi connectivity index (χ2n) is 5.66. The third-order valence-electron chi connectivity index (χ3n) is 3.18. The van der Waals surface area contributed by atoms with Gasteiger partial charge in [0.1, 0.15) is 0 Å². The molecule has 2 nitrogen and oxygen atoms in total. The number of hydrogen-bond donors (Lipinski definition) is 1. The van der Waals surface area contributed by atoms with E-state index in [-0.39, 0.29) is 11.5 Å². The summed E-state index contributed by atoms with van der Waals surface area (Å²) in [5, 5.41) is 9.88. The Bertz CT molecular complexity index is 335. The average Bonchev–Trinajstić information content (AvgIpc) is 2.27. The Morgan fingerprint density at radius 2 is 1.71 bits per heavy atom. The van der Waals surface area contributed by atoms with Crippen LogP contribution in [-0.4, -0.2) is 24.4 Å². The molecule has 0 aliphatic rings. The molecule has 0 saturated carbocycles. The Morgan fingerprint density at radius 1 is 1.18 bits per heavy atom. The highest BCUT2D eigenvalue weighted by atomic mass is 16.5. The van der Waals surface area contributed by atoms with Crippen molar-refractivity contribution >= 4 is 0 Å². The highest BCUT2D eigenvalue weighted by Gasteiger charge is 2.16. The molecule has 0 aliphatic heterocycles. The molecule has 0 amide bonds. The first-order valence-corrected chi connectivity index (χ1v) is 6.15. The lowest BCUT2D eigenvalue weighted by molar-refractivity contribution is 0.000405. The molecule has 0 aliphatic carbocycles. The van der Waals surface area contributed by atoms with Crippen LogP contribution in [-0.2, 0) is 16.6 Å². The van der Waals surface area contributed by atoms with E-state index in [0.29, 0.717) is 6.42 Å². The molecule has 1 N–H and O–H groups in total. The summed E-state index contributed by atoms with van der Waals surface area (Å²) in [5.74, 6) is 0. The number of rotatable bonds is 4. The molecule has 0 radical (unpaired) electrons. The summed E-state index contributed by atoms with van der Waals surface area (Å²) in [4.78, 5) is 0. The molecule has 0 fully saturated rings. The average molecular weight is 236 g/mol. The fourth-order valence-electron chi connectivity index (χ4n) is 1.71. The molecule has 2 heteroatoms. The minimum absolute atomic E-state index is 0.128. The molecule has 2 atom stereocenters. The SMILES string of the molecule is COC(C)C(O)Cc1ccc(C(C)(C)C)cc1. The zero-order valence-corrected chi connectivity index (χ0v) is 11.5. The van der Waals surface area contributed by atoms with Gasteiger partial charge in [0.05, 0.1) is 12.2 Å². The first-order chi connectivity index (χ1) is 7.84. The van der Waals surface area contributed by atoms with E-state index in [2.05, 4.69) is 45.0 Å². The summed E-state index contributed by atoms with van der Waals surface area (Å²) >= 11 is 0. The van der Waals surface area contributed by atoms with Crippen molar-refractivity contribution < 1.29 is 9.84 Å². The highest BCUT2D eigenvalue weighted by molar-refractivity contribution is 5.27. The smallest absolute Gasteiger partial charge is 0.0839 e. The van der Waals surface area contributed by atoms with E-state index in [1.165, 1.54) is 5.56 Å². The lowest BCUT2D eigenvalue weighted by atomic mass is 9.86. The van der Waals surface area contributed by atoms with E-state index >= 15 is 0 Å². The number of benzene rings is 1. The van der Waals surface area contributed by atoms with Crippen molar-refractivity contribution in [3.8, 4) is 0 Å². The molecule has 2 unspecified atom stereocenters. The van der Waals surface area contributed by atoms with Crippen LogP contribution < -0.4 is 0 Å². The van der Waals surface area contributed by atoms with Crippen LogP contribution in [0.3, 0.4) is 0 Å². The molecule has 1 aromatic carbocycles. The topological polar surface area (TPSA) is 29.5 Å². The molecule has 17 heavy (non-hydrogen) atoms. The third kappa shape index (κ3) is 4.14. The predicted octanol–water partition coefficient (Wildman–Crippen LogP) is 2.92. The summed E-state index contributed by atoms with van der Waals surface area (Å²) in [6, 6.07) is 8.46. The van der Waals surface area contributed by atoms with Gasteiger partial charge in [0.2, 0.25) is 0 Å². The molecule has 0 heterocycles. The zero-order chi connectivity index (χ0) is 13.1. The molecule has 0 aromatic heterocycles. The Morgan fingerprint density at radius 3 is 2.12 bits per heavy atom. The van der Waals surface area contributed by atoms with Crippen molar-refractivity contribution in [2.45, 2.75) is 51.7 Å². The standard InChI is InChI=1S/C15H24O2/c1-11(17-5)14(16)10-12-6-8-13(9-7-12)15(2,3)4/h6-9,11,14,16H,10H2,1-5H3. The fourth-order valence-corrected chi connectivity index (χ4v) is 1.71. The van der Waals surface area contributed by atoms with Gasteiger partial charge in [-0.15, -0.1) is 0 Å². The summed E-state index contributed by atoms with van der Waals surface area (Å²) in [7, 11) is 1.62. The maximum Gasteiger partial charge on any atom is 0.0839 e. The second kappa shape index (κ2) is 5.65. The zero-order valence-electron chi connectivity index (χ0n) is 11.5. The second-order valence-corrected chi connectivity index (χ2v) is 5.66. The van der Waals surface area contributed by atoms with Crippen molar-refractivity contribution in [3.63, 3.8) is 0 Å². The van der Waals surface area contributed by atoms with Crippen LogP contribution in [0.2, 0.25) is 0 Å². The van der Waals surface area contributed by atoms with Gasteiger partial charge in [-0.3, -0.25) is 0 Å². The van der Waals surface area contributed by atoms with Crippen LogP contribution in [0, 0.1) is 0 Å². The van der Waals surface area contributed by atoms with Crippen LogP contribution in [0.4, 0.5) is 0 Å². The van der Waals surface area contributed by atoms with E-state index in [0.717, 1.165) is 5.56 Å². The minimum Gasteiger partial charge on any atom is -0.390 e. The monoisotopic (exact) mass is 236 g/mol. The number of hydrogen-bond acceptors (Lipinski definition) is 2. The number of methoxy groups -OCH3 is 1. The van der Waals surface area contributed by atoms with Crippen LogP contribution in [0.5, 0.6) is 0 Å². The largest absolute Gasteiger partial charge is 0.390 e. The van der Waals surface area contributed by atoms with E-state index in [9.17, 15) is 5.11 Å². The maximum absolute atomic E-state index is 9.88. The lowest BCUT2D eigenvalue weighted by Gasteiger charge is -2.20. The van der Waals surface area contributed by atoms with Crippen molar-refractivity contribution in [3.05, 3.63) is 35.4 Å². The van der Waals surface area contributed by atoms with E-state index < -0.39 is 6.10 Å². The molecule has 0 spiro atoms. The van der Waals surface area contributed by atoms with Crippen LogP contribution in [0.15, 0.2) is 24.3 Å². The first-order valence-electron chi connectivity index (χ1n) is 6.15. The Kier molecular flexibility index (Phi) is 4.72. The maximum atomic E-state index is 9.88. The van der Waals surface area contributed by atoms with Crippen molar-refractivity contribution in [1.29, 1.82) is 0 Å². The Hall–Kier alpha value is -0.860. The molecule has 1 rings (SSSR count). The third-order valence-corrected chi connectivity index (χ3v) is 3.18. The van der Waals surface area contributed by atoms with Crippen LogP contribution in [0.25, 0.3) is 0 Å². The summed E-state index contributed by atoms with van der Waals surface area (Å²) in [6.07, 6.45) is 0.0668. The summed E-state index contributed by atoms with van der Waals surface area (Å²) < 4.78 is 5.11. The van der Waals surface area contributed by atoms with E-state index in [4.69, 9.17) is 4.74 Å². The molecular formula is C15H24O2. The van der Waals surface area contributed by atoms with Gasteiger partial charge in [-0.1, -0.05) is 45.0 Å². The number of ether oxygens (including phenoxy) is 1. The Labute approximate surface area is 105 Å². The molecular weight excluding hydrogens is 212 g/mol. The van der Waals surface area contributed by atoms with Gasteiger partial charge in [0.15, 0.2) is 0 Å². The van der Waals surface area contributed by atoms with Crippen molar-refractivity contribution in [2.24, 2.45) is 0 Å². The number of aliphatic hydroxyl groups is 1. The quantitative estimate of drug-likeness (QED) is 0.871. The van der Waals surface area contributed by atoms with E-state index in [1.54, 1.807) is 7.11 Å². The van der Waals surface area contributed by atoms with E-state index in [1.807, 2.05) is 6.92 Å². The van der Waals surface area contributed by atoms with Gasteiger partial charge < -0.3 is 9.84 Å². The lowest BCUT2D eigenvalue weighted by Crippen LogP contribution is -2.26. The summed E-state index contributed by atoms with van der Waals surface area (Å²) in [6.45, 7) is 8.48. The predicted molar refractivity (Wildman–Crippen MR) is 71.3 cm³/mol. The van der Waals surface area contributed by atoms with Gasteiger partial charge in [-0.2, -0.15) is 0 Å². The molecule has 0 bridgehead atoms. The van der Waals surface area contributed by atoms with Gasteiger partial charge in [0, 0.05) is 13.5 Å². The van der Waals surface area contributed by atoms with Crippen LogP contribution >= 0.6 is 0 Å². The van der Waals surface area contributed by atoms with Gasteiger partial charge in [-0.05, 0) is 23.5 Å². The highest BCUT2D eigenvalue weighted by Crippen LogP contribution is 2.22. The van der Waals surface area contributed by atoms with Gasteiger partial charge in [-0.25, -0.2) is 0 Å². The van der Waals surface area contributed by atoms with Crippen molar-refractivity contribution in [2.75, 3.05) is 7.11 Å². The minimum atomic E-state index is -0.444. The summed E-state index contributed by atoms with van der Waals surface area (Å²) in [5.41, 5.74) is 2.64. The normalized spacial score (nSPS) is 15.6. The molecule has 1 aromatic rings. The molecule has 0 saturated heterocycles. The molecule has 96 valence electrons. The fraction of sp³-hybridized carbons (Fsp3) is 0.600. The Balaban J connectivity index is 2.69. The first kappa shape index (κ1) is 14.2. The number of aliphatic hydroxyl groups excluding tert-OH is 1. The van der Waals surface area contributed by atoms with Gasteiger partial charge in [0.25, 0.3) is 0 Å². The van der Waals surface area contributed by atoms with Gasteiger partial charge >= 0.3 is 0 Å². The van der Waals surface area contributed by atoms with Crippen LogP contribution in [0.1, 0.15) is 38.8 Å².